The number of sulfone groups is 1. The van der Waals surface area contributed by atoms with E-state index in [1.165, 1.54) is 4.68 Å². The number of nitriles is 1. The monoisotopic (exact) mass is 389 g/mol. The molecule has 0 unspecified atom stereocenters. The Morgan fingerprint density at radius 3 is 2.41 bits per heavy atom. The van der Waals surface area contributed by atoms with E-state index in [0.717, 1.165) is 42.3 Å². The average Bonchev–Trinajstić information content (AvgIpc) is 2.81. The van der Waals surface area contributed by atoms with E-state index in [4.69, 9.17) is 4.74 Å². The maximum atomic E-state index is 11.8. The minimum Gasteiger partial charge on any atom is -0.453 e. The van der Waals surface area contributed by atoms with Crippen molar-refractivity contribution in [3.63, 3.8) is 0 Å². The standard InChI is InChI=1S/C19H23N3O4S/c1-12-7-15(8-13(2)16(12)9-20)26-19-17(10-23)21-22(11-27(3,24)25)18(19)14-5-4-6-14/h7-8,14,23H,4-6,10-11H2,1-3H3. The first-order valence-electron chi connectivity index (χ1n) is 8.81. The molecule has 0 amide bonds. The maximum absolute atomic E-state index is 11.8. The highest BCUT2D eigenvalue weighted by Crippen LogP contribution is 2.44. The first-order chi connectivity index (χ1) is 12.7. The second-order valence-corrected chi connectivity index (χ2v) is 9.26. The van der Waals surface area contributed by atoms with Gasteiger partial charge in [-0.3, -0.25) is 0 Å². The van der Waals surface area contributed by atoms with Crippen LogP contribution in [0.15, 0.2) is 12.1 Å². The van der Waals surface area contributed by atoms with Crippen LogP contribution in [0.5, 0.6) is 11.5 Å². The first-order valence-corrected chi connectivity index (χ1v) is 10.9. The summed E-state index contributed by atoms with van der Waals surface area (Å²) in [4.78, 5) is 0. The van der Waals surface area contributed by atoms with Gasteiger partial charge in [0.1, 0.15) is 17.3 Å². The third-order valence-electron chi connectivity index (χ3n) is 4.85. The van der Waals surface area contributed by atoms with Crippen molar-refractivity contribution in [3.8, 4) is 17.6 Å². The van der Waals surface area contributed by atoms with Crippen molar-refractivity contribution >= 4 is 9.84 Å². The summed E-state index contributed by atoms with van der Waals surface area (Å²) in [6, 6.07) is 5.71. The molecule has 1 heterocycles. The van der Waals surface area contributed by atoms with Crippen molar-refractivity contribution in [3.05, 3.63) is 40.2 Å². The van der Waals surface area contributed by atoms with Crippen molar-refractivity contribution in [1.29, 1.82) is 5.26 Å². The Bertz CT molecular complexity index is 991. The van der Waals surface area contributed by atoms with Gasteiger partial charge >= 0.3 is 0 Å². The van der Waals surface area contributed by atoms with Crippen molar-refractivity contribution in [2.45, 2.75) is 51.5 Å². The number of benzene rings is 1. The lowest BCUT2D eigenvalue weighted by Crippen LogP contribution is -2.19. The van der Waals surface area contributed by atoms with Gasteiger partial charge in [-0.15, -0.1) is 0 Å². The van der Waals surface area contributed by atoms with Crippen LogP contribution in [-0.4, -0.2) is 29.6 Å². The number of aromatic nitrogens is 2. The predicted molar refractivity (Wildman–Crippen MR) is 100 cm³/mol. The Morgan fingerprint density at radius 1 is 1.33 bits per heavy atom. The molecule has 0 bridgehead atoms. The largest absolute Gasteiger partial charge is 0.453 e. The quantitative estimate of drug-likeness (QED) is 0.814. The van der Waals surface area contributed by atoms with E-state index in [2.05, 4.69) is 11.2 Å². The number of nitrogens with zero attached hydrogens (tertiary/aromatic N) is 3. The summed E-state index contributed by atoms with van der Waals surface area (Å²) in [6.07, 6.45) is 4.09. The normalized spacial score (nSPS) is 14.6. The fourth-order valence-corrected chi connectivity index (χ4v) is 4.04. The number of ether oxygens (including phenoxy) is 1. The molecule has 0 radical (unpaired) electrons. The Labute approximate surface area is 159 Å². The highest BCUT2D eigenvalue weighted by molar-refractivity contribution is 7.89. The zero-order valence-electron chi connectivity index (χ0n) is 15.7. The van der Waals surface area contributed by atoms with Gasteiger partial charge in [0.15, 0.2) is 15.6 Å². The van der Waals surface area contributed by atoms with Gasteiger partial charge in [0, 0.05) is 12.2 Å². The Morgan fingerprint density at radius 2 is 1.96 bits per heavy atom. The van der Waals surface area contributed by atoms with Crippen molar-refractivity contribution in [2.75, 3.05) is 6.26 Å². The zero-order valence-corrected chi connectivity index (χ0v) is 16.5. The van der Waals surface area contributed by atoms with Gasteiger partial charge in [-0.1, -0.05) is 6.42 Å². The minimum absolute atomic E-state index is 0.162. The summed E-state index contributed by atoms with van der Waals surface area (Å²) < 4.78 is 31.2. The third kappa shape index (κ3) is 3.99. The Kier molecular flexibility index (Phi) is 5.27. The molecule has 0 atom stereocenters. The fraction of sp³-hybridized carbons (Fsp3) is 0.474. The summed E-state index contributed by atoms with van der Waals surface area (Å²) in [5.41, 5.74) is 3.24. The second kappa shape index (κ2) is 7.33. The smallest absolute Gasteiger partial charge is 0.174 e. The summed E-state index contributed by atoms with van der Waals surface area (Å²) in [5, 5.41) is 23.3. The Balaban J connectivity index is 2.08. The molecule has 0 aliphatic heterocycles. The molecule has 3 rings (SSSR count). The Hall–Kier alpha value is -2.37. The summed E-state index contributed by atoms with van der Waals surface area (Å²) >= 11 is 0. The first kappa shape index (κ1) is 19.4. The highest BCUT2D eigenvalue weighted by atomic mass is 32.2. The van der Waals surface area contributed by atoms with Gasteiger partial charge in [-0.05, 0) is 49.9 Å². The van der Waals surface area contributed by atoms with Crippen LogP contribution in [0.2, 0.25) is 0 Å². The molecule has 1 aliphatic rings. The molecule has 1 fully saturated rings. The lowest BCUT2D eigenvalue weighted by molar-refractivity contribution is 0.270. The number of aliphatic hydroxyl groups excluding tert-OH is 1. The molecule has 1 saturated carbocycles. The topological polar surface area (TPSA) is 105 Å². The molecule has 8 heteroatoms. The van der Waals surface area contributed by atoms with E-state index in [9.17, 15) is 18.8 Å². The van der Waals surface area contributed by atoms with Crippen LogP contribution >= 0.6 is 0 Å². The fourth-order valence-electron chi connectivity index (χ4n) is 3.40. The summed E-state index contributed by atoms with van der Waals surface area (Å²) in [5.74, 6) is 0.878. The van der Waals surface area contributed by atoms with Crippen molar-refractivity contribution < 1.29 is 18.3 Å². The lowest BCUT2D eigenvalue weighted by atomic mass is 9.82. The van der Waals surface area contributed by atoms with Crippen LogP contribution in [0.1, 0.15) is 53.3 Å². The van der Waals surface area contributed by atoms with E-state index >= 15 is 0 Å². The zero-order chi connectivity index (χ0) is 19.8. The third-order valence-corrected chi connectivity index (χ3v) is 5.56. The molecule has 1 aromatic carbocycles. The van der Waals surface area contributed by atoms with Crippen LogP contribution in [0.4, 0.5) is 0 Å². The average molecular weight is 389 g/mol. The molecular weight excluding hydrogens is 366 g/mol. The molecule has 27 heavy (non-hydrogen) atoms. The van der Waals surface area contributed by atoms with Crippen LogP contribution in [0.25, 0.3) is 0 Å². The van der Waals surface area contributed by atoms with Crippen LogP contribution < -0.4 is 4.74 Å². The maximum Gasteiger partial charge on any atom is 0.174 e. The molecular formula is C19H23N3O4S. The number of aryl methyl sites for hydroxylation is 2. The number of rotatable bonds is 6. The minimum atomic E-state index is -3.30. The van der Waals surface area contributed by atoms with Gasteiger partial charge < -0.3 is 9.84 Å². The molecule has 144 valence electrons. The van der Waals surface area contributed by atoms with E-state index < -0.39 is 9.84 Å². The molecule has 7 nitrogen and oxygen atoms in total. The number of aliphatic hydroxyl groups is 1. The summed E-state index contributed by atoms with van der Waals surface area (Å²) in [6.45, 7) is 3.33. The molecule has 1 aliphatic carbocycles. The molecule has 1 aromatic heterocycles. The van der Waals surface area contributed by atoms with Crippen LogP contribution in [0, 0.1) is 25.2 Å². The second-order valence-electron chi connectivity index (χ2n) is 7.15. The van der Waals surface area contributed by atoms with Gasteiger partial charge in [0.05, 0.1) is 23.9 Å². The van der Waals surface area contributed by atoms with Crippen LogP contribution in [0.3, 0.4) is 0 Å². The molecule has 0 saturated heterocycles. The molecule has 1 N–H and O–H groups in total. The van der Waals surface area contributed by atoms with Crippen molar-refractivity contribution in [2.24, 2.45) is 0 Å². The SMILES string of the molecule is Cc1cc(Oc2c(CO)nn(CS(C)(=O)=O)c2C2CCC2)cc(C)c1C#N. The van der Waals surface area contributed by atoms with Gasteiger partial charge in [-0.2, -0.15) is 10.4 Å². The van der Waals surface area contributed by atoms with E-state index in [-0.39, 0.29) is 18.4 Å². The van der Waals surface area contributed by atoms with Gasteiger partial charge in [-0.25, -0.2) is 13.1 Å². The van der Waals surface area contributed by atoms with Crippen LogP contribution in [-0.2, 0) is 22.3 Å². The van der Waals surface area contributed by atoms with E-state index in [1.807, 2.05) is 13.8 Å². The number of hydrogen-bond acceptors (Lipinski definition) is 6. The lowest BCUT2D eigenvalue weighted by Gasteiger charge is -2.27. The van der Waals surface area contributed by atoms with Gasteiger partial charge in [0.2, 0.25) is 0 Å². The van der Waals surface area contributed by atoms with E-state index in [0.29, 0.717) is 22.8 Å². The van der Waals surface area contributed by atoms with Gasteiger partial charge in [0.25, 0.3) is 0 Å². The van der Waals surface area contributed by atoms with E-state index in [1.54, 1.807) is 12.1 Å². The van der Waals surface area contributed by atoms with Crippen molar-refractivity contribution in [1.82, 2.24) is 9.78 Å². The predicted octanol–water partition coefficient (Wildman–Crippen LogP) is 2.93. The summed E-state index contributed by atoms with van der Waals surface area (Å²) in [7, 11) is -3.30. The molecule has 2 aromatic rings. The molecule has 0 spiro atoms. The highest BCUT2D eigenvalue weighted by Gasteiger charge is 2.31. The number of hydrogen-bond donors (Lipinski definition) is 1.